The van der Waals surface area contributed by atoms with Gasteiger partial charge >= 0.3 is 0 Å². The van der Waals surface area contributed by atoms with Gasteiger partial charge in [-0.1, -0.05) is 30.3 Å². The van der Waals surface area contributed by atoms with Gasteiger partial charge in [0.2, 0.25) is 5.91 Å². The number of nitrogens with one attached hydrogen (secondary N) is 1. The van der Waals surface area contributed by atoms with E-state index in [0.29, 0.717) is 5.69 Å². The first kappa shape index (κ1) is 17.6. The molecule has 0 unspecified atom stereocenters. The minimum absolute atomic E-state index is 0.173. The number of hydrogen-bond donors (Lipinski definition) is 1. The number of aromatic nitrogens is 2. The second-order valence-electron chi connectivity index (χ2n) is 5.70. The van der Waals surface area contributed by atoms with Gasteiger partial charge in [-0.15, -0.1) is 11.3 Å². The van der Waals surface area contributed by atoms with Crippen molar-refractivity contribution in [3.63, 3.8) is 0 Å². The third kappa shape index (κ3) is 3.87. The van der Waals surface area contributed by atoms with Gasteiger partial charge in [0.1, 0.15) is 16.8 Å². The van der Waals surface area contributed by atoms with Crippen molar-refractivity contribution >= 4 is 23.5 Å². The number of nitrogens with zero attached hydrogens (tertiary/aromatic N) is 4. The van der Waals surface area contributed by atoms with Crippen molar-refractivity contribution in [1.82, 2.24) is 15.0 Å². The van der Waals surface area contributed by atoms with Crippen LogP contribution in [-0.2, 0) is 18.3 Å². The van der Waals surface area contributed by atoms with Crippen LogP contribution in [0.5, 0.6) is 0 Å². The lowest BCUT2D eigenvalue weighted by molar-refractivity contribution is -0.120. The molecule has 0 saturated carbocycles. The summed E-state index contributed by atoms with van der Waals surface area (Å²) >= 11 is 1.45. The maximum Gasteiger partial charge on any atom is 0.246 e. The van der Waals surface area contributed by atoms with E-state index in [0.717, 1.165) is 27.5 Å². The summed E-state index contributed by atoms with van der Waals surface area (Å²) in [4.78, 5) is 16.5. The summed E-state index contributed by atoms with van der Waals surface area (Å²) in [7, 11) is 1.82. The average Bonchev–Trinajstić information content (AvgIpc) is 3.22. The van der Waals surface area contributed by atoms with E-state index < -0.39 is 0 Å². The molecule has 2 heterocycles. The third-order valence-electron chi connectivity index (χ3n) is 4.01. The first-order chi connectivity index (χ1) is 12.6. The lowest BCUT2D eigenvalue weighted by Gasteiger charge is -1.98. The van der Waals surface area contributed by atoms with E-state index in [1.165, 1.54) is 11.3 Å². The van der Waals surface area contributed by atoms with Gasteiger partial charge in [-0.2, -0.15) is 10.4 Å². The highest BCUT2D eigenvalue weighted by Gasteiger charge is 2.09. The van der Waals surface area contributed by atoms with Gasteiger partial charge in [-0.25, -0.2) is 10.4 Å². The summed E-state index contributed by atoms with van der Waals surface area (Å²) in [6.07, 6.45) is 1.72. The number of carbonyl (C=O) groups excluding carboxylic acids is 1. The first-order valence-electron chi connectivity index (χ1n) is 7.96. The van der Waals surface area contributed by atoms with Crippen LogP contribution in [0.25, 0.3) is 11.3 Å². The molecule has 1 N–H and O–H groups in total. The number of carbonyl (C=O) groups is 1. The highest BCUT2D eigenvalue weighted by molar-refractivity contribution is 7.10. The van der Waals surface area contributed by atoms with Gasteiger partial charge in [0, 0.05) is 29.2 Å². The molecule has 130 valence electrons. The highest BCUT2D eigenvalue weighted by atomic mass is 32.1. The Morgan fingerprint density at radius 1 is 1.42 bits per heavy atom. The number of rotatable bonds is 5. The first-order valence-corrected chi connectivity index (χ1v) is 8.84. The molecule has 0 aliphatic rings. The molecular formula is C19H17N5OS. The predicted octanol–water partition coefficient (Wildman–Crippen LogP) is 3.02. The number of amides is 1. The van der Waals surface area contributed by atoms with Gasteiger partial charge in [0.25, 0.3) is 0 Å². The van der Waals surface area contributed by atoms with Crippen LogP contribution in [0.15, 0.2) is 46.9 Å². The Hall–Kier alpha value is -3.24. The maximum atomic E-state index is 12.0. The molecule has 7 heteroatoms. The van der Waals surface area contributed by atoms with Gasteiger partial charge in [0.15, 0.2) is 0 Å². The Bertz CT molecular complexity index is 995. The van der Waals surface area contributed by atoms with Crippen molar-refractivity contribution in [2.45, 2.75) is 13.3 Å². The minimum atomic E-state index is -0.232. The summed E-state index contributed by atoms with van der Waals surface area (Å²) in [5.74, 6) is -0.232. The molecule has 0 atom stereocenters. The highest BCUT2D eigenvalue weighted by Crippen LogP contribution is 2.21. The van der Waals surface area contributed by atoms with E-state index in [1.807, 2.05) is 49.7 Å². The maximum absolute atomic E-state index is 12.0. The lowest BCUT2D eigenvalue weighted by atomic mass is 10.2. The molecule has 0 bridgehead atoms. The van der Waals surface area contributed by atoms with Gasteiger partial charge in [-0.05, 0) is 13.0 Å². The Labute approximate surface area is 155 Å². The van der Waals surface area contributed by atoms with Gasteiger partial charge in [-0.3, -0.25) is 4.79 Å². The van der Waals surface area contributed by atoms with Crippen molar-refractivity contribution < 1.29 is 4.79 Å². The summed E-state index contributed by atoms with van der Waals surface area (Å²) < 4.78 is 1.78. The van der Waals surface area contributed by atoms with Crippen LogP contribution in [0.3, 0.4) is 0 Å². The molecule has 0 radical (unpaired) electrons. The summed E-state index contributed by atoms with van der Waals surface area (Å²) in [6, 6.07) is 13.7. The van der Waals surface area contributed by atoms with Crippen LogP contribution in [0.4, 0.5) is 0 Å². The molecule has 0 fully saturated rings. The van der Waals surface area contributed by atoms with E-state index in [1.54, 1.807) is 16.8 Å². The van der Waals surface area contributed by atoms with Crippen molar-refractivity contribution in [1.29, 1.82) is 5.26 Å². The number of hydrazone groups is 1. The number of benzene rings is 1. The standard InChI is InChI=1S/C19H17N5OS/c1-13-15(8-16(10-20)24(13)2)11-21-23-18(25)9-19-22-17(12-26-19)14-6-4-3-5-7-14/h3-8,11-12H,9H2,1-2H3,(H,23,25)/b21-11-. The molecule has 2 aromatic heterocycles. The largest absolute Gasteiger partial charge is 0.339 e. The van der Waals surface area contributed by atoms with Gasteiger partial charge < -0.3 is 4.57 Å². The van der Waals surface area contributed by atoms with E-state index in [2.05, 4.69) is 21.6 Å². The quantitative estimate of drug-likeness (QED) is 0.559. The fraction of sp³-hybridized carbons (Fsp3) is 0.158. The molecule has 6 nitrogen and oxygen atoms in total. The Morgan fingerprint density at radius 2 is 2.19 bits per heavy atom. The molecule has 0 aliphatic heterocycles. The van der Waals surface area contributed by atoms with Crippen LogP contribution in [-0.4, -0.2) is 21.7 Å². The second-order valence-corrected chi connectivity index (χ2v) is 6.65. The zero-order chi connectivity index (χ0) is 18.5. The van der Waals surface area contributed by atoms with Crippen LogP contribution in [0, 0.1) is 18.3 Å². The summed E-state index contributed by atoms with van der Waals surface area (Å²) in [5, 5.41) is 15.7. The topological polar surface area (TPSA) is 83.1 Å². The average molecular weight is 363 g/mol. The summed E-state index contributed by atoms with van der Waals surface area (Å²) in [6.45, 7) is 1.89. The molecule has 1 amide bonds. The zero-order valence-corrected chi connectivity index (χ0v) is 15.2. The van der Waals surface area contributed by atoms with Crippen molar-refractivity contribution in [3.8, 4) is 17.3 Å². The van der Waals surface area contributed by atoms with Crippen molar-refractivity contribution in [2.24, 2.45) is 12.1 Å². The molecule has 0 spiro atoms. The molecule has 0 saturated heterocycles. The molecule has 0 aliphatic carbocycles. The predicted molar refractivity (Wildman–Crippen MR) is 102 cm³/mol. The Kier molecular flexibility index (Phi) is 5.25. The van der Waals surface area contributed by atoms with Crippen molar-refractivity contribution in [2.75, 3.05) is 0 Å². The van der Waals surface area contributed by atoms with E-state index in [4.69, 9.17) is 5.26 Å². The van der Waals surface area contributed by atoms with Crippen LogP contribution in [0.1, 0.15) is 22.0 Å². The van der Waals surface area contributed by atoms with E-state index in [9.17, 15) is 4.79 Å². The summed E-state index contributed by atoms with van der Waals surface area (Å²) in [5.41, 5.74) is 6.66. The normalized spacial score (nSPS) is 10.8. The second kappa shape index (κ2) is 7.76. The molecule has 3 rings (SSSR count). The van der Waals surface area contributed by atoms with E-state index in [-0.39, 0.29) is 12.3 Å². The van der Waals surface area contributed by atoms with Crippen LogP contribution < -0.4 is 5.43 Å². The van der Waals surface area contributed by atoms with Crippen LogP contribution >= 0.6 is 11.3 Å². The monoisotopic (exact) mass is 363 g/mol. The number of hydrogen-bond acceptors (Lipinski definition) is 5. The smallest absolute Gasteiger partial charge is 0.246 e. The van der Waals surface area contributed by atoms with Crippen LogP contribution in [0.2, 0.25) is 0 Å². The number of nitriles is 1. The third-order valence-corrected chi connectivity index (χ3v) is 4.86. The zero-order valence-electron chi connectivity index (χ0n) is 14.4. The lowest BCUT2D eigenvalue weighted by Crippen LogP contribution is -2.19. The van der Waals surface area contributed by atoms with Gasteiger partial charge in [0.05, 0.1) is 18.3 Å². The SMILES string of the molecule is Cc1c(/C=N\NC(=O)Cc2nc(-c3ccccc3)cs2)cc(C#N)n1C. The Morgan fingerprint density at radius 3 is 2.88 bits per heavy atom. The minimum Gasteiger partial charge on any atom is -0.339 e. The fourth-order valence-corrected chi connectivity index (χ4v) is 3.25. The molecular weight excluding hydrogens is 346 g/mol. The number of thiazole rings is 1. The molecule has 26 heavy (non-hydrogen) atoms. The van der Waals surface area contributed by atoms with Crippen molar-refractivity contribution in [3.05, 3.63) is 63.7 Å². The Balaban J connectivity index is 1.60. The van der Waals surface area contributed by atoms with E-state index >= 15 is 0 Å². The fourth-order valence-electron chi connectivity index (χ4n) is 2.45. The molecule has 3 aromatic rings. The molecule has 1 aromatic carbocycles.